The van der Waals surface area contributed by atoms with Gasteiger partial charge in [0.15, 0.2) is 0 Å². The number of nitrogens with one attached hydrogen (secondary N) is 2. The largest absolute Gasteiger partial charge is 0.492 e. The van der Waals surface area contributed by atoms with E-state index in [-0.39, 0.29) is 24.4 Å². The third-order valence-corrected chi connectivity index (χ3v) is 4.57. The first kappa shape index (κ1) is 18.6. The van der Waals surface area contributed by atoms with Crippen LogP contribution in [0.15, 0.2) is 22.7 Å². The number of rotatable bonds is 5. The van der Waals surface area contributed by atoms with Crippen molar-refractivity contribution in [3.8, 4) is 5.75 Å². The normalized spacial score (nSPS) is 17.7. The van der Waals surface area contributed by atoms with E-state index in [9.17, 15) is 4.79 Å². The molecule has 118 valence electrons. The standard InChI is InChI=1S/C14H19BrN2O2S.ClH/c1-2-19-13-4-3-10(15)7-12(13)17-14(18)8-11-9-20-6-5-16-11;/h3-4,7,11,16H,2,5-6,8-9H2,1H3,(H,17,18);1H. The van der Waals surface area contributed by atoms with E-state index in [0.29, 0.717) is 18.8 Å². The second-order valence-electron chi connectivity index (χ2n) is 4.55. The van der Waals surface area contributed by atoms with E-state index in [2.05, 4.69) is 26.6 Å². The number of anilines is 1. The first-order valence-corrected chi connectivity index (χ1v) is 8.67. The molecule has 1 saturated heterocycles. The van der Waals surface area contributed by atoms with Crippen LogP contribution >= 0.6 is 40.1 Å². The van der Waals surface area contributed by atoms with Gasteiger partial charge in [-0.15, -0.1) is 12.4 Å². The van der Waals surface area contributed by atoms with Gasteiger partial charge >= 0.3 is 0 Å². The number of carbonyl (C=O) groups excluding carboxylic acids is 1. The number of halogens is 2. The van der Waals surface area contributed by atoms with Crippen molar-refractivity contribution in [2.75, 3.05) is 30.0 Å². The predicted octanol–water partition coefficient (Wildman–Crippen LogP) is 3.30. The fourth-order valence-corrected chi connectivity index (χ4v) is 3.37. The molecule has 0 radical (unpaired) electrons. The SMILES string of the molecule is CCOc1ccc(Br)cc1NC(=O)CC1CSCCN1.Cl. The molecule has 0 saturated carbocycles. The molecule has 1 amide bonds. The lowest BCUT2D eigenvalue weighted by Crippen LogP contribution is -2.39. The number of ether oxygens (including phenoxy) is 1. The van der Waals surface area contributed by atoms with Crippen molar-refractivity contribution in [2.24, 2.45) is 0 Å². The highest BCUT2D eigenvalue weighted by molar-refractivity contribution is 9.10. The Morgan fingerprint density at radius 3 is 3.05 bits per heavy atom. The van der Waals surface area contributed by atoms with Crippen LogP contribution in [0.25, 0.3) is 0 Å². The van der Waals surface area contributed by atoms with E-state index < -0.39 is 0 Å². The summed E-state index contributed by atoms with van der Waals surface area (Å²) in [6.07, 6.45) is 0.491. The van der Waals surface area contributed by atoms with E-state index >= 15 is 0 Å². The number of thioether (sulfide) groups is 1. The molecule has 0 aromatic heterocycles. The number of hydrogen-bond donors (Lipinski definition) is 2. The van der Waals surface area contributed by atoms with Crippen molar-refractivity contribution in [1.29, 1.82) is 0 Å². The molecule has 0 aliphatic carbocycles. The Hall–Kier alpha value is -0.430. The van der Waals surface area contributed by atoms with Gasteiger partial charge < -0.3 is 15.4 Å². The van der Waals surface area contributed by atoms with E-state index in [4.69, 9.17) is 4.74 Å². The Bertz CT molecular complexity index is 470. The summed E-state index contributed by atoms with van der Waals surface area (Å²) in [6, 6.07) is 5.89. The third kappa shape index (κ3) is 6.06. The molecule has 1 fully saturated rings. The van der Waals surface area contributed by atoms with Crippen LogP contribution in [0, 0.1) is 0 Å². The Morgan fingerprint density at radius 2 is 2.38 bits per heavy atom. The zero-order chi connectivity index (χ0) is 14.4. The molecule has 0 spiro atoms. The van der Waals surface area contributed by atoms with Crippen LogP contribution in [0.2, 0.25) is 0 Å². The lowest BCUT2D eigenvalue weighted by Gasteiger charge is -2.22. The van der Waals surface area contributed by atoms with Crippen molar-refractivity contribution in [3.05, 3.63) is 22.7 Å². The Morgan fingerprint density at radius 1 is 1.57 bits per heavy atom. The van der Waals surface area contributed by atoms with Gasteiger partial charge in [0, 0.05) is 35.0 Å². The molecular formula is C14H20BrClN2O2S. The van der Waals surface area contributed by atoms with Crippen molar-refractivity contribution in [2.45, 2.75) is 19.4 Å². The molecule has 1 atom stereocenters. The second-order valence-corrected chi connectivity index (χ2v) is 6.62. The smallest absolute Gasteiger partial charge is 0.226 e. The predicted molar refractivity (Wildman–Crippen MR) is 94.9 cm³/mol. The molecule has 0 bridgehead atoms. The van der Waals surface area contributed by atoms with Crippen LogP contribution < -0.4 is 15.4 Å². The van der Waals surface area contributed by atoms with Crippen LogP contribution in [0.4, 0.5) is 5.69 Å². The van der Waals surface area contributed by atoms with Gasteiger partial charge in [-0.25, -0.2) is 0 Å². The monoisotopic (exact) mass is 394 g/mol. The fourth-order valence-electron chi connectivity index (χ4n) is 2.06. The van der Waals surface area contributed by atoms with E-state index in [1.165, 1.54) is 0 Å². The molecule has 1 aliphatic rings. The molecule has 21 heavy (non-hydrogen) atoms. The maximum Gasteiger partial charge on any atom is 0.226 e. The van der Waals surface area contributed by atoms with Gasteiger partial charge in [0.25, 0.3) is 0 Å². The van der Waals surface area contributed by atoms with Gasteiger partial charge in [0.05, 0.1) is 12.3 Å². The van der Waals surface area contributed by atoms with Crippen LogP contribution in [0.5, 0.6) is 5.75 Å². The summed E-state index contributed by atoms with van der Waals surface area (Å²) in [5, 5.41) is 6.31. The minimum absolute atomic E-state index is 0. The van der Waals surface area contributed by atoms with Crippen molar-refractivity contribution in [1.82, 2.24) is 5.32 Å². The van der Waals surface area contributed by atoms with Crippen molar-refractivity contribution in [3.63, 3.8) is 0 Å². The average Bonchev–Trinajstić information content (AvgIpc) is 2.43. The number of amides is 1. The zero-order valence-corrected chi connectivity index (χ0v) is 15.1. The number of carbonyl (C=O) groups is 1. The van der Waals surface area contributed by atoms with Crippen LogP contribution in [0.3, 0.4) is 0 Å². The van der Waals surface area contributed by atoms with E-state index in [0.717, 1.165) is 28.2 Å². The van der Waals surface area contributed by atoms with E-state index in [1.54, 1.807) is 0 Å². The van der Waals surface area contributed by atoms with Gasteiger partial charge in [0.2, 0.25) is 5.91 Å². The van der Waals surface area contributed by atoms with E-state index in [1.807, 2.05) is 36.9 Å². The fraction of sp³-hybridized carbons (Fsp3) is 0.500. The summed E-state index contributed by atoms with van der Waals surface area (Å²) in [6.45, 7) is 3.48. The molecule has 1 unspecified atom stereocenters. The zero-order valence-electron chi connectivity index (χ0n) is 11.9. The first-order chi connectivity index (χ1) is 9.69. The Balaban J connectivity index is 0.00000220. The topological polar surface area (TPSA) is 50.4 Å². The molecule has 2 N–H and O–H groups in total. The molecular weight excluding hydrogens is 376 g/mol. The van der Waals surface area contributed by atoms with Crippen molar-refractivity contribution < 1.29 is 9.53 Å². The first-order valence-electron chi connectivity index (χ1n) is 6.72. The molecule has 1 heterocycles. The molecule has 7 heteroatoms. The van der Waals surface area contributed by atoms with Gasteiger partial charge in [-0.1, -0.05) is 15.9 Å². The Labute approximate surface area is 144 Å². The molecule has 2 rings (SSSR count). The average molecular weight is 396 g/mol. The molecule has 1 aromatic carbocycles. The summed E-state index contributed by atoms with van der Waals surface area (Å²) in [7, 11) is 0. The highest BCUT2D eigenvalue weighted by Gasteiger charge is 2.17. The third-order valence-electron chi connectivity index (χ3n) is 2.95. The van der Waals surface area contributed by atoms with Crippen LogP contribution in [-0.2, 0) is 4.79 Å². The van der Waals surface area contributed by atoms with Gasteiger partial charge in [-0.2, -0.15) is 11.8 Å². The quantitative estimate of drug-likeness (QED) is 0.803. The minimum Gasteiger partial charge on any atom is -0.492 e. The van der Waals surface area contributed by atoms with Gasteiger partial charge in [0.1, 0.15) is 5.75 Å². The highest BCUT2D eigenvalue weighted by Crippen LogP contribution is 2.28. The number of benzene rings is 1. The van der Waals surface area contributed by atoms with Gasteiger partial charge in [-0.05, 0) is 25.1 Å². The highest BCUT2D eigenvalue weighted by atomic mass is 79.9. The lowest BCUT2D eigenvalue weighted by molar-refractivity contribution is -0.116. The molecule has 1 aromatic rings. The summed E-state index contributed by atoms with van der Waals surface area (Å²) in [4.78, 5) is 12.1. The van der Waals surface area contributed by atoms with Gasteiger partial charge in [-0.3, -0.25) is 4.79 Å². The summed E-state index contributed by atoms with van der Waals surface area (Å²) < 4.78 is 6.45. The summed E-state index contributed by atoms with van der Waals surface area (Å²) >= 11 is 5.30. The molecule has 4 nitrogen and oxygen atoms in total. The minimum atomic E-state index is 0. The van der Waals surface area contributed by atoms with Crippen LogP contribution in [0.1, 0.15) is 13.3 Å². The van der Waals surface area contributed by atoms with Crippen LogP contribution in [-0.4, -0.2) is 36.6 Å². The number of hydrogen-bond acceptors (Lipinski definition) is 4. The maximum atomic E-state index is 12.1. The maximum absolute atomic E-state index is 12.1. The second kappa shape index (κ2) is 9.56. The lowest BCUT2D eigenvalue weighted by atomic mass is 10.2. The summed E-state index contributed by atoms with van der Waals surface area (Å²) in [5.41, 5.74) is 0.717. The van der Waals surface area contributed by atoms with Crippen molar-refractivity contribution >= 4 is 51.7 Å². The summed E-state index contributed by atoms with van der Waals surface area (Å²) in [5.74, 6) is 2.83. The molecule has 1 aliphatic heterocycles. The Kier molecular flexibility index (Phi) is 8.48.